The summed E-state index contributed by atoms with van der Waals surface area (Å²) >= 11 is 0. The molecule has 1 heterocycles. The molecule has 0 fully saturated rings. The molecule has 0 aliphatic heterocycles. The molecule has 0 saturated carbocycles. The molecule has 144 valence electrons. The van der Waals surface area contributed by atoms with Gasteiger partial charge in [-0.25, -0.2) is 22.0 Å². The average molecular weight is 388 g/mol. The van der Waals surface area contributed by atoms with Gasteiger partial charge < -0.3 is 4.42 Å². The summed E-state index contributed by atoms with van der Waals surface area (Å²) in [5, 5.41) is 0. The van der Waals surface area contributed by atoms with E-state index in [9.17, 15) is 22.0 Å². The minimum absolute atomic E-state index is 0.0396. The number of rotatable bonds is 7. The number of nitrogens with one attached hydrogen (secondary N) is 1. The maximum Gasteiger partial charge on any atom is 0.416 e. The molecule has 0 bridgehead atoms. The molecule has 2 aromatic rings. The third-order valence-corrected chi connectivity index (χ3v) is 5.81. The number of nitrogens with zero attached hydrogens (tertiary/aromatic N) is 1. The lowest BCUT2D eigenvalue weighted by atomic mass is 9.96. The zero-order valence-corrected chi connectivity index (χ0v) is 15.9. The number of sulfonamides is 1. The lowest BCUT2D eigenvalue weighted by Crippen LogP contribution is -2.37. The van der Waals surface area contributed by atoms with Crippen LogP contribution in [0, 0.1) is 11.6 Å². The van der Waals surface area contributed by atoms with Crippen molar-refractivity contribution in [3.8, 4) is 0 Å². The zero-order valence-electron chi connectivity index (χ0n) is 15.0. The van der Waals surface area contributed by atoms with Crippen molar-refractivity contribution in [1.29, 1.82) is 0 Å². The molecule has 2 rings (SSSR count). The van der Waals surface area contributed by atoms with Gasteiger partial charge in [-0.1, -0.05) is 13.8 Å². The highest BCUT2D eigenvalue weighted by molar-refractivity contribution is 7.88. The van der Waals surface area contributed by atoms with E-state index in [4.69, 9.17) is 0 Å². The van der Waals surface area contributed by atoms with Crippen molar-refractivity contribution >= 4 is 10.0 Å². The zero-order chi connectivity index (χ0) is 19.6. The smallest absolute Gasteiger partial charge is 0.416 e. The maximum atomic E-state index is 14.5. The molecule has 6 nitrogen and oxygen atoms in total. The Bertz CT molecular complexity index is 936. The minimum atomic E-state index is -3.58. The second kappa shape index (κ2) is 7.71. The topological polar surface area (TPSA) is 83.4 Å². The molecule has 0 aliphatic rings. The van der Waals surface area contributed by atoms with Crippen molar-refractivity contribution in [2.45, 2.75) is 45.7 Å². The van der Waals surface area contributed by atoms with Crippen LogP contribution in [0.15, 0.2) is 27.6 Å². The maximum absolute atomic E-state index is 14.5. The fourth-order valence-corrected chi connectivity index (χ4v) is 3.88. The summed E-state index contributed by atoms with van der Waals surface area (Å²) in [5.41, 5.74) is 0.307. The van der Waals surface area contributed by atoms with Crippen molar-refractivity contribution < 1.29 is 21.6 Å². The molecule has 2 atom stereocenters. The van der Waals surface area contributed by atoms with Crippen LogP contribution in [0.4, 0.5) is 8.78 Å². The predicted octanol–water partition coefficient (Wildman–Crippen LogP) is 2.96. The summed E-state index contributed by atoms with van der Waals surface area (Å²) in [6, 6.07) is 1.68. The van der Waals surface area contributed by atoms with Crippen LogP contribution in [0.1, 0.15) is 49.9 Å². The summed E-state index contributed by atoms with van der Waals surface area (Å²) in [6.07, 6.45) is 2.74. The number of halogens is 2. The Labute approximate surface area is 150 Å². The molecule has 0 radical (unpaired) electrons. The van der Waals surface area contributed by atoms with E-state index in [0.717, 1.165) is 29.0 Å². The van der Waals surface area contributed by atoms with Crippen molar-refractivity contribution in [3.63, 3.8) is 0 Å². The first-order valence-electron chi connectivity index (χ1n) is 8.16. The quantitative estimate of drug-likeness (QED) is 0.790. The fourth-order valence-electron chi connectivity index (χ4n) is 2.70. The van der Waals surface area contributed by atoms with E-state index in [0.29, 0.717) is 12.1 Å². The van der Waals surface area contributed by atoms with Crippen LogP contribution in [0.5, 0.6) is 0 Å². The molecule has 0 spiro atoms. The average Bonchev–Trinajstić information content (AvgIpc) is 2.99. The van der Waals surface area contributed by atoms with Gasteiger partial charge in [0.1, 0.15) is 17.9 Å². The van der Waals surface area contributed by atoms with Gasteiger partial charge in [-0.2, -0.15) is 4.31 Å². The Hall–Kier alpha value is -2.00. The van der Waals surface area contributed by atoms with Crippen LogP contribution in [-0.2, 0) is 16.6 Å². The van der Waals surface area contributed by atoms with E-state index in [1.165, 1.54) is 0 Å². The van der Waals surface area contributed by atoms with Crippen LogP contribution in [-0.4, -0.2) is 30.0 Å². The standard InChI is InChI=1S/C17H22F2N2O4S/c1-5-10(2)21(26(4,23)24)8-12-6-15(19)13(7-14(12)18)11(3)16-9-25-17(22)20-16/h6-7,9-11H,5,8H2,1-4H3,(H,20,22)/t10-,11?/m0/s1. The number of aromatic nitrogens is 1. The Morgan fingerprint density at radius 3 is 2.38 bits per heavy atom. The molecule has 0 saturated heterocycles. The molecule has 26 heavy (non-hydrogen) atoms. The van der Waals surface area contributed by atoms with Crippen molar-refractivity contribution in [2.24, 2.45) is 0 Å². The monoisotopic (exact) mass is 388 g/mol. The predicted molar refractivity (Wildman–Crippen MR) is 93.3 cm³/mol. The van der Waals surface area contributed by atoms with Gasteiger partial charge in [0.25, 0.3) is 0 Å². The largest absolute Gasteiger partial charge is 0.416 e. The number of oxazole rings is 1. The molecule has 1 aromatic carbocycles. The second-order valence-electron chi connectivity index (χ2n) is 6.36. The van der Waals surface area contributed by atoms with E-state index in [-0.39, 0.29) is 23.7 Å². The number of hydrogen-bond donors (Lipinski definition) is 1. The molecule has 0 aliphatic carbocycles. The first-order valence-corrected chi connectivity index (χ1v) is 10.0. The molecule has 0 amide bonds. The molecule has 1 unspecified atom stereocenters. The van der Waals surface area contributed by atoms with Gasteiger partial charge >= 0.3 is 5.76 Å². The number of H-pyrrole nitrogens is 1. The summed E-state index contributed by atoms with van der Waals surface area (Å²) in [4.78, 5) is 13.5. The Balaban J connectivity index is 2.38. The first-order chi connectivity index (χ1) is 12.0. The second-order valence-corrected chi connectivity index (χ2v) is 8.29. The van der Waals surface area contributed by atoms with E-state index < -0.39 is 33.3 Å². The van der Waals surface area contributed by atoms with Crippen molar-refractivity contribution in [2.75, 3.05) is 6.26 Å². The van der Waals surface area contributed by atoms with Crippen LogP contribution in [0.3, 0.4) is 0 Å². The first kappa shape index (κ1) is 20.3. The summed E-state index contributed by atoms with van der Waals surface area (Å²) < 4.78 is 58.8. The highest BCUT2D eigenvalue weighted by Gasteiger charge is 2.25. The summed E-state index contributed by atoms with van der Waals surface area (Å²) in [7, 11) is -3.58. The van der Waals surface area contributed by atoms with E-state index in [1.807, 2.05) is 6.92 Å². The SMILES string of the molecule is CC[C@H](C)N(Cc1cc(F)c(C(C)c2coc(=O)[nH]2)cc1F)S(C)(=O)=O. The molecular formula is C17H22F2N2O4S. The highest BCUT2D eigenvalue weighted by atomic mass is 32.2. The van der Waals surface area contributed by atoms with Gasteiger partial charge in [-0.05, 0) is 31.0 Å². The molecular weight excluding hydrogens is 366 g/mol. The van der Waals surface area contributed by atoms with Crippen LogP contribution >= 0.6 is 0 Å². The van der Waals surface area contributed by atoms with Crippen LogP contribution in [0.25, 0.3) is 0 Å². The van der Waals surface area contributed by atoms with Gasteiger partial charge in [0.05, 0.1) is 11.9 Å². The Morgan fingerprint density at radius 2 is 1.88 bits per heavy atom. The van der Waals surface area contributed by atoms with E-state index in [2.05, 4.69) is 9.40 Å². The van der Waals surface area contributed by atoms with E-state index >= 15 is 0 Å². The number of benzene rings is 1. The molecule has 1 N–H and O–H groups in total. The van der Waals surface area contributed by atoms with Gasteiger partial charge in [-0.3, -0.25) is 4.98 Å². The fraction of sp³-hybridized carbons (Fsp3) is 0.471. The lowest BCUT2D eigenvalue weighted by molar-refractivity contribution is 0.320. The lowest BCUT2D eigenvalue weighted by Gasteiger charge is -2.26. The minimum Gasteiger partial charge on any atom is -0.416 e. The molecule has 9 heteroatoms. The highest BCUT2D eigenvalue weighted by Crippen LogP contribution is 2.28. The Kier molecular flexibility index (Phi) is 6.02. The third-order valence-electron chi connectivity index (χ3n) is 4.47. The van der Waals surface area contributed by atoms with Crippen LogP contribution in [0.2, 0.25) is 0 Å². The van der Waals surface area contributed by atoms with Gasteiger partial charge in [-0.15, -0.1) is 0 Å². The molecule has 1 aromatic heterocycles. The van der Waals surface area contributed by atoms with Gasteiger partial charge in [0.2, 0.25) is 10.0 Å². The van der Waals surface area contributed by atoms with Crippen molar-refractivity contribution in [3.05, 3.63) is 57.4 Å². The third kappa shape index (κ3) is 4.39. The van der Waals surface area contributed by atoms with Gasteiger partial charge in [0.15, 0.2) is 0 Å². The van der Waals surface area contributed by atoms with Gasteiger partial charge in [0, 0.05) is 24.1 Å². The normalized spacial score (nSPS) is 14.6. The number of hydrogen-bond acceptors (Lipinski definition) is 4. The van der Waals surface area contributed by atoms with Crippen molar-refractivity contribution in [1.82, 2.24) is 9.29 Å². The Morgan fingerprint density at radius 1 is 1.23 bits per heavy atom. The van der Waals surface area contributed by atoms with Crippen LogP contribution < -0.4 is 5.76 Å². The number of aromatic amines is 1. The summed E-state index contributed by atoms with van der Waals surface area (Å²) in [6.45, 7) is 4.87. The summed E-state index contributed by atoms with van der Waals surface area (Å²) in [5.74, 6) is -2.71. The van der Waals surface area contributed by atoms with E-state index in [1.54, 1.807) is 13.8 Å².